The van der Waals surface area contributed by atoms with Crippen LogP contribution in [0.2, 0.25) is 0 Å². The molecule has 0 aliphatic heterocycles. The van der Waals surface area contributed by atoms with Crippen LogP contribution in [-0.2, 0) is 4.74 Å². The van der Waals surface area contributed by atoms with E-state index in [1.807, 2.05) is 0 Å². The molecule has 1 aromatic carbocycles. The Hall–Kier alpha value is -1.27. The van der Waals surface area contributed by atoms with Gasteiger partial charge in [0.1, 0.15) is 5.69 Å². The molecule has 0 fully saturated rings. The number of methoxy groups -OCH3 is 1. The molecule has 0 spiro atoms. The third kappa shape index (κ3) is 3.41. The predicted molar refractivity (Wildman–Crippen MR) is 60.1 cm³/mol. The van der Waals surface area contributed by atoms with Crippen molar-refractivity contribution in [1.29, 1.82) is 0 Å². The highest BCUT2D eigenvalue weighted by atomic mass is 32.2. The molecule has 0 unspecified atom stereocenters. The summed E-state index contributed by atoms with van der Waals surface area (Å²) in [7, 11) is 1.63. The van der Waals surface area contributed by atoms with Crippen molar-refractivity contribution >= 4 is 23.1 Å². The lowest BCUT2D eigenvalue weighted by Gasteiger charge is -2.02. The van der Waals surface area contributed by atoms with Gasteiger partial charge in [0.15, 0.2) is 0 Å². The second-order valence-electron chi connectivity index (χ2n) is 2.82. The summed E-state index contributed by atoms with van der Waals surface area (Å²) >= 11 is 1.55. The zero-order chi connectivity index (χ0) is 11.3. The largest absolute Gasteiger partial charge is 0.393 e. The lowest BCUT2D eigenvalue weighted by Crippen LogP contribution is -1.96. The van der Waals surface area contributed by atoms with Gasteiger partial charge in [-0.3, -0.25) is 10.1 Å². The maximum absolute atomic E-state index is 10.5. The molecule has 0 atom stereocenters. The fourth-order valence-electron chi connectivity index (χ4n) is 1.03. The molecule has 0 bridgehead atoms. The first-order valence-electron chi connectivity index (χ1n) is 4.31. The van der Waals surface area contributed by atoms with Crippen LogP contribution in [0.25, 0.3) is 0 Å². The van der Waals surface area contributed by atoms with Gasteiger partial charge in [0.25, 0.3) is 5.69 Å². The number of nitrogen functional groups attached to an aromatic ring is 1. The third-order valence-electron chi connectivity index (χ3n) is 1.75. The van der Waals surface area contributed by atoms with Gasteiger partial charge in [0.05, 0.1) is 11.5 Å². The third-order valence-corrected chi connectivity index (χ3v) is 2.71. The van der Waals surface area contributed by atoms with Crippen LogP contribution in [0.4, 0.5) is 11.4 Å². The number of benzene rings is 1. The highest BCUT2D eigenvalue weighted by molar-refractivity contribution is 7.99. The van der Waals surface area contributed by atoms with Crippen molar-refractivity contribution in [3.63, 3.8) is 0 Å². The van der Waals surface area contributed by atoms with Gasteiger partial charge in [-0.25, -0.2) is 0 Å². The zero-order valence-corrected chi connectivity index (χ0v) is 9.12. The van der Waals surface area contributed by atoms with Crippen molar-refractivity contribution in [2.75, 3.05) is 25.2 Å². The fourth-order valence-corrected chi connectivity index (χ4v) is 1.89. The molecule has 0 aromatic heterocycles. The van der Waals surface area contributed by atoms with Gasteiger partial charge in [0, 0.05) is 23.8 Å². The van der Waals surface area contributed by atoms with E-state index in [4.69, 9.17) is 10.5 Å². The van der Waals surface area contributed by atoms with Gasteiger partial charge < -0.3 is 10.5 Å². The minimum Gasteiger partial charge on any atom is -0.393 e. The van der Waals surface area contributed by atoms with E-state index < -0.39 is 4.92 Å². The van der Waals surface area contributed by atoms with Crippen LogP contribution in [0.1, 0.15) is 0 Å². The maximum Gasteiger partial charge on any atom is 0.292 e. The highest BCUT2D eigenvalue weighted by Crippen LogP contribution is 2.27. The first kappa shape index (κ1) is 11.8. The average Bonchev–Trinajstić information content (AvgIpc) is 2.17. The van der Waals surface area contributed by atoms with Crippen molar-refractivity contribution in [2.45, 2.75) is 4.90 Å². The number of rotatable bonds is 5. The Kier molecular flexibility index (Phi) is 4.38. The van der Waals surface area contributed by atoms with Crippen LogP contribution in [0, 0.1) is 10.1 Å². The number of anilines is 1. The predicted octanol–water partition coefficient (Wildman–Crippen LogP) is 1.92. The number of hydrogen-bond donors (Lipinski definition) is 1. The van der Waals surface area contributed by atoms with E-state index in [2.05, 4.69) is 0 Å². The van der Waals surface area contributed by atoms with Crippen molar-refractivity contribution in [3.8, 4) is 0 Å². The number of nitro benzene ring substituents is 1. The number of ether oxygens (including phenoxy) is 1. The Morgan fingerprint density at radius 3 is 2.87 bits per heavy atom. The molecule has 1 rings (SSSR count). The van der Waals surface area contributed by atoms with Gasteiger partial charge in [-0.1, -0.05) is 0 Å². The first-order chi connectivity index (χ1) is 7.15. The topological polar surface area (TPSA) is 78.4 Å². The summed E-state index contributed by atoms with van der Waals surface area (Å²) in [6, 6.07) is 4.72. The van der Waals surface area contributed by atoms with Crippen LogP contribution in [0.15, 0.2) is 23.1 Å². The van der Waals surface area contributed by atoms with Crippen LogP contribution in [0.5, 0.6) is 0 Å². The number of nitro groups is 1. The highest BCUT2D eigenvalue weighted by Gasteiger charge is 2.10. The molecule has 0 heterocycles. The summed E-state index contributed by atoms with van der Waals surface area (Å²) in [4.78, 5) is 10.9. The minimum absolute atomic E-state index is 0.0499. The number of nitrogens with zero attached hydrogens (tertiary/aromatic N) is 1. The summed E-state index contributed by atoms with van der Waals surface area (Å²) in [5, 5.41) is 10.5. The molecule has 5 nitrogen and oxygen atoms in total. The quantitative estimate of drug-likeness (QED) is 0.274. The summed E-state index contributed by atoms with van der Waals surface area (Å²) in [5.74, 6) is 0.799. The van der Waals surface area contributed by atoms with Crippen LogP contribution < -0.4 is 5.73 Å². The Balaban J connectivity index is 2.69. The molecule has 6 heteroatoms. The smallest absolute Gasteiger partial charge is 0.292 e. The zero-order valence-electron chi connectivity index (χ0n) is 8.30. The van der Waals surface area contributed by atoms with Crippen molar-refractivity contribution in [3.05, 3.63) is 28.3 Å². The van der Waals surface area contributed by atoms with Gasteiger partial charge in [-0.2, -0.15) is 0 Å². The van der Waals surface area contributed by atoms with Crippen LogP contribution >= 0.6 is 11.8 Å². The van der Waals surface area contributed by atoms with E-state index in [9.17, 15) is 10.1 Å². The lowest BCUT2D eigenvalue weighted by molar-refractivity contribution is -0.383. The standard InChI is InChI=1S/C9H12N2O3S/c1-14-4-5-15-7-2-3-9(11(12)13)8(10)6-7/h2-3,6H,4-5,10H2,1H3. The fraction of sp³-hybridized carbons (Fsp3) is 0.333. The molecule has 0 aliphatic rings. The monoisotopic (exact) mass is 228 g/mol. The van der Waals surface area contributed by atoms with Gasteiger partial charge in [0.2, 0.25) is 0 Å². The van der Waals surface area contributed by atoms with Crippen molar-refractivity contribution in [2.24, 2.45) is 0 Å². The Morgan fingerprint density at radius 2 is 2.33 bits per heavy atom. The molecular formula is C9H12N2O3S. The SMILES string of the molecule is COCCSc1ccc([N+](=O)[O-])c(N)c1. The molecule has 0 saturated carbocycles. The van der Waals surface area contributed by atoms with Gasteiger partial charge >= 0.3 is 0 Å². The molecule has 15 heavy (non-hydrogen) atoms. The van der Waals surface area contributed by atoms with E-state index in [0.717, 1.165) is 10.6 Å². The van der Waals surface area contributed by atoms with E-state index in [1.165, 1.54) is 6.07 Å². The number of thioether (sulfide) groups is 1. The second-order valence-corrected chi connectivity index (χ2v) is 3.99. The van der Waals surface area contributed by atoms with E-state index in [0.29, 0.717) is 6.61 Å². The lowest BCUT2D eigenvalue weighted by atomic mass is 10.3. The van der Waals surface area contributed by atoms with Gasteiger partial charge in [-0.05, 0) is 12.1 Å². The molecule has 0 amide bonds. The molecule has 0 saturated heterocycles. The summed E-state index contributed by atoms with van der Waals surface area (Å²) in [6.45, 7) is 0.640. The van der Waals surface area contributed by atoms with Crippen molar-refractivity contribution in [1.82, 2.24) is 0 Å². The minimum atomic E-state index is -0.487. The second kappa shape index (κ2) is 5.57. The summed E-state index contributed by atoms with van der Waals surface area (Å²) < 4.78 is 4.90. The number of nitrogens with two attached hydrogens (primary N) is 1. The Labute approximate surface area is 91.8 Å². The van der Waals surface area contributed by atoms with Crippen LogP contribution in [-0.4, -0.2) is 24.4 Å². The molecule has 0 radical (unpaired) electrons. The maximum atomic E-state index is 10.5. The van der Waals surface area contributed by atoms with Gasteiger partial charge in [-0.15, -0.1) is 11.8 Å². The van der Waals surface area contributed by atoms with E-state index in [1.54, 1.807) is 31.0 Å². The normalized spacial score (nSPS) is 10.2. The Morgan fingerprint density at radius 1 is 1.60 bits per heavy atom. The van der Waals surface area contributed by atoms with E-state index >= 15 is 0 Å². The molecular weight excluding hydrogens is 216 g/mol. The first-order valence-corrected chi connectivity index (χ1v) is 5.29. The molecule has 0 aliphatic carbocycles. The molecule has 1 aromatic rings. The van der Waals surface area contributed by atoms with Crippen LogP contribution in [0.3, 0.4) is 0 Å². The van der Waals surface area contributed by atoms with Crippen molar-refractivity contribution < 1.29 is 9.66 Å². The summed E-state index contributed by atoms with van der Waals surface area (Å²) in [5.41, 5.74) is 5.69. The molecule has 82 valence electrons. The van der Waals surface area contributed by atoms with E-state index in [-0.39, 0.29) is 11.4 Å². The number of hydrogen-bond acceptors (Lipinski definition) is 5. The Bertz CT molecular complexity index is 357. The summed E-state index contributed by atoms with van der Waals surface area (Å²) in [6.07, 6.45) is 0. The molecule has 2 N–H and O–H groups in total. The average molecular weight is 228 g/mol.